The van der Waals surface area contributed by atoms with Gasteiger partial charge in [0.15, 0.2) is 0 Å². The first kappa shape index (κ1) is 17.2. The van der Waals surface area contributed by atoms with Gasteiger partial charge in [0.25, 0.3) is 0 Å². The van der Waals surface area contributed by atoms with Gasteiger partial charge in [0, 0.05) is 10.6 Å². The van der Waals surface area contributed by atoms with Gasteiger partial charge in [-0.1, -0.05) is 19.9 Å². The van der Waals surface area contributed by atoms with Gasteiger partial charge < -0.3 is 5.32 Å². The fourth-order valence-corrected chi connectivity index (χ4v) is 2.78. The van der Waals surface area contributed by atoms with Crippen molar-refractivity contribution in [2.24, 2.45) is 5.92 Å². The highest BCUT2D eigenvalue weighted by molar-refractivity contribution is 7.85. The number of nitrogens with one attached hydrogen (secondary N) is 1. The Labute approximate surface area is 120 Å². The summed E-state index contributed by atoms with van der Waals surface area (Å²) < 4.78 is 49.6. The molecule has 0 aliphatic heterocycles. The predicted octanol–water partition coefficient (Wildman–Crippen LogP) is 3.45. The Morgan fingerprint density at radius 1 is 1.30 bits per heavy atom. The van der Waals surface area contributed by atoms with Crippen LogP contribution in [0.15, 0.2) is 29.2 Å². The van der Waals surface area contributed by atoms with E-state index in [0.717, 1.165) is 25.2 Å². The zero-order valence-corrected chi connectivity index (χ0v) is 12.5. The van der Waals surface area contributed by atoms with Crippen LogP contribution in [0, 0.1) is 5.92 Å². The van der Waals surface area contributed by atoms with E-state index in [1.54, 1.807) is 0 Å². The van der Waals surface area contributed by atoms with E-state index < -0.39 is 22.5 Å². The van der Waals surface area contributed by atoms with Crippen LogP contribution in [0.3, 0.4) is 0 Å². The minimum Gasteiger partial charge on any atom is -0.316 e. The van der Waals surface area contributed by atoms with Gasteiger partial charge in [0.2, 0.25) is 0 Å². The Hall–Kier alpha value is -0.880. The molecule has 0 aromatic heterocycles. The zero-order valence-electron chi connectivity index (χ0n) is 11.7. The minimum atomic E-state index is -4.39. The second-order valence-electron chi connectivity index (χ2n) is 5.03. The van der Waals surface area contributed by atoms with Crippen LogP contribution in [0.1, 0.15) is 25.8 Å². The van der Waals surface area contributed by atoms with E-state index in [9.17, 15) is 17.4 Å². The molecular weight excluding hydrogens is 287 g/mol. The highest BCUT2D eigenvalue weighted by Crippen LogP contribution is 2.30. The molecule has 1 rings (SSSR count). The standard InChI is InChI=1S/C14H20F3NOS/c1-11(2)10-18-7-4-8-20(19)13-6-3-5-12(9-13)14(15,16)17/h3,5-6,9,11,18H,4,7-8,10H2,1-2H3. The first-order valence-corrected chi connectivity index (χ1v) is 7.89. The Morgan fingerprint density at radius 2 is 2.00 bits per heavy atom. The molecule has 1 aromatic carbocycles. The number of hydrogen-bond acceptors (Lipinski definition) is 2. The van der Waals surface area contributed by atoms with Gasteiger partial charge in [-0.25, -0.2) is 0 Å². The largest absolute Gasteiger partial charge is 0.416 e. The van der Waals surface area contributed by atoms with Crippen LogP contribution in [0.25, 0.3) is 0 Å². The molecule has 0 aliphatic rings. The van der Waals surface area contributed by atoms with Crippen LogP contribution in [-0.4, -0.2) is 23.1 Å². The van der Waals surface area contributed by atoms with Crippen molar-refractivity contribution in [1.29, 1.82) is 0 Å². The molecule has 0 amide bonds. The average molecular weight is 307 g/mol. The van der Waals surface area contributed by atoms with Gasteiger partial charge in [-0.15, -0.1) is 0 Å². The topological polar surface area (TPSA) is 29.1 Å². The van der Waals surface area contributed by atoms with E-state index >= 15 is 0 Å². The molecule has 1 aromatic rings. The normalized spacial score (nSPS) is 13.7. The Morgan fingerprint density at radius 3 is 2.60 bits per heavy atom. The summed E-state index contributed by atoms with van der Waals surface area (Å²) in [7, 11) is -1.38. The number of hydrogen-bond donors (Lipinski definition) is 1. The molecule has 1 atom stereocenters. The lowest BCUT2D eigenvalue weighted by Crippen LogP contribution is -2.22. The van der Waals surface area contributed by atoms with Crippen LogP contribution in [0.4, 0.5) is 13.2 Å². The molecule has 0 saturated heterocycles. The molecule has 2 nitrogen and oxygen atoms in total. The zero-order chi connectivity index (χ0) is 15.2. The lowest BCUT2D eigenvalue weighted by Gasteiger charge is -2.09. The van der Waals surface area contributed by atoms with E-state index in [2.05, 4.69) is 19.2 Å². The van der Waals surface area contributed by atoms with Gasteiger partial charge in [0.1, 0.15) is 0 Å². The third kappa shape index (κ3) is 6.05. The van der Waals surface area contributed by atoms with Crippen LogP contribution in [0.5, 0.6) is 0 Å². The summed E-state index contributed by atoms with van der Waals surface area (Å²) in [5.41, 5.74) is -0.749. The van der Waals surface area contributed by atoms with Crippen molar-refractivity contribution >= 4 is 10.8 Å². The second kappa shape index (κ2) is 7.78. The van der Waals surface area contributed by atoms with Crippen molar-refractivity contribution < 1.29 is 17.4 Å². The van der Waals surface area contributed by atoms with Crippen molar-refractivity contribution in [2.75, 3.05) is 18.8 Å². The maximum Gasteiger partial charge on any atom is 0.416 e. The summed E-state index contributed by atoms with van der Waals surface area (Å²) >= 11 is 0. The van der Waals surface area contributed by atoms with Crippen LogP contribution >= 0.6 is 0 Å². The Bertz CT molecular complexity index is 446. The van der Waals surface area contributed by atoms with Crippen molar-refractivity contribution in [3.8, 4) is 0 Å². The molecule has 20 heavy (non-hydrogen) atoms. The van der Waals surface area contributed by atoms with Gasteiger partial charge in [0.05, 0.1) is 16.4 Å². The molecule has 0 aliphatic carbocycles. The monoisotopic (exact) mass is 307 g/mol. The first-order valence-electron chi connectivity index (χ1n) is 6.57. The van der Waals surface area contributed by atoms with E-state index in [1.807, 2.05) is 0 Å². The van der Waals surface area contributed by atoms with E-state index in [0.29, 0.717) is 18.1 Å². The van der Waals surface area contributed by atoms with E-state index in [4.69, 9.17) is 0 Å². The number of benzene rings is 1. The molecular formula is C14H20F3NOS. The predicted molar refractivity (Wildman–Crippen MR) is 75.0 cm³/mol. The summed E-state index contributed by atoms with van der Waals surface area (Å²) in [4.78, 5) is 0.240. The van der Waals surface area contributed by atoms with E-state index in [-0.39, 0.29) is 4.90 Å². The third-order valence-corrected chi connectivity index (χ3v) is 4.10. The molecule has 0 heterocycles. The summed E-state index contributed by atoms with van der Waals surface area (Å²) in [5, 5.41) is 3.21. The smallest absolute Gasteiger partial charge is 0.316 e. The van der Waals surface area contributed by atoms with Crippen molar-refractivity contribution in [1.82, 2.24) is 5.32 Å². The third-order valence-electron chi connectivity index (χ3n) is 2.66. The van der Waals surface area contributed by atoms with Gasteiger partial charge in [-0.3, -0.25) is 4.21 Å². The number of halogens is 3. The Balaban J connectivity index is 2.48. The SMILES string of the molecule is CC(C)CNCCCS(=O)c1cccc(C(F)(F)F)c1. The highest BCUT2D eigenvalue weighted by atomic mass is 32.2. The molecule has 114 valence electrons. The molecule has 0 saturated carbocycles. The number of rotatable bonds is 7. The molecule has 0 bridgehead atoms. The molecule has 0 fully saturated rings. The van der Waals surface area contributed by atoms with Gasteiger partial charge in [-0.2, -0.15) is 13.2 Å². The quantitative estimate of drug-likeness (QED) is 0.782. The van der Waals surface area contributed by atoms with Crippen molar-refractivity contribution in [3.05, 3.63) is 29.8 Å². The van der Waals surface area contributed by atoms with Crippen molar-refractivity contribution in [2.45, 2.75) is 31.3 Å². The summed E-state index contributed by atoms with van der Waals surface area (Å²) in [6.45, 7) is 5.79. The first-order chi connectivity index (χ1) is 9.30. The summed E-state index contributed by atoms with van der Waals surface area (Å²) in [5.74, 6) is 0.913. The second-order valence-corrected chi connectivity index (χ2v) is 6.60. The van der Waals surface area contributed by atoms with Gasteiger partial charge in [-0.05, 0) is 43.6 Å². The highest BCUT2D eigenvalue weighted by Gasteiger charge is 2.30. The Kier molecular flexibility index (Phi) is 6.68. The lowest BCUT2D eigenvalue weighted by molar-refractivity contribution is -0.137. The average Bonchev–Trinajstić information content (AvgIpc) is 2.37. The van der Waals surface area contributed by atoms with E-state index in [1.165, 1.54) is 12.1 Å². The van der Waals surface area contributed by atoms with Crippen LogP contribution < -0.4 is 5.32 Å². The fourth-order valence-electron chi connectivity index (χ4n) is 1.65. The molecule has 0 radical (unpaired) electrons. The molecule has 1 unspecified atom stereocenters. The fraction of sp³-hybridized carbons (Fsp3) is 0.571. The maximum absolute atomic E-state index is 12.6. The molecule has 6 heteroatoms. The van der Waals surface area contributed by atoms with Crippen LogP contribution in [0.2, 0.25) is 0 Å². The minimum absolute atomic E-state index is 0.240. The maximum atomic E-state index is 12.6. The van der Waals surface area contributed by atoms with Crippen LogP contribution in [-0.2, 0) is 17.0 Å². The molecule has 1 N–H and O–H groups in total. The van der Waals surface area contributed by atoms with Crippen molar-refractivity contribution in [3.63, 3.8) is 0 Å². The molecule has 0 spiro atoms. The number of alkyl halides is 3. The van der Waals surface area contributed by atoms with Gasteiger partial charge >= 0.3 is 6.18 Å². The summed E-state index contributed by atoms with van der Waals surface area (Å²) in [6, 6.07) is 4.74. The summed E-state index contributed by atoms with van der Waals surface area (Å²) in [6.07, 6.45) is -3.71. The lowest BCUT2D eigenvalue weighted by atomic mass is 10.2.